The quantitative estimate of drug-likeness (QED) is 0.506. The van der Waals surface area contributed by atoms with Crippen molar-refractivity contribution in [2.24, 2.45) is 5.10 Å². The van der Waals surface area contributed by atoms with Gasteiger partial charge in [-0.15, -0.1) is 11.3 Å². The highest BCUT2D eigenvalue weighted by Gasteiger charge is 2.22. The molecular formula is C13H14ClN5O3S. The SMILES string of the molecule is C/C(=N\NC(=O)Cn1nc(C)c([N+](=O)[O-])c1C)c1ccc(Cl)s1. The summed E-state index contributed by atoms with van der Waals surface area (Å²) in [6.45, 7) is 4.68. The molecule has 10 heteroatoms. The van der Waals surface area contributed by atoms with Gasteiger partial charge in [0.15, 0.2) is 0 Å². The molecule has 1 N–H and O–H groups in total. The molecule has 0 saturated heterocycles. The van der Waals surface area contributed by atoms with E-state index in [0.29, 0.717) is 15.7 Å². The minimum atomic E-state index is -0.505. The van der Waals surface area contributed by atoms with E-state index in [4.69, 9.17) is 11.6 Å². The van der Waals surface area contributed by atoms with Crippen LogP contribution in [0.2, 0.25) is 4.34 Å². The van der Waals surface area contributed by atoms with Crippen molar-refractivity contribution >= 4 is 40.2 Å². The molecule has 1 amide bonds. The van der Waals surface area contributed by atoms with Crippen molar-refractivity contribution in [2.75, 3.05) is 0 Å². The van der Waals surface area contributed by atoms with Crippen LogP contribution < -0.4 is 5.43 Å². The fraction of sp³-hybridized carbons (Fsp3) is 0.308. The summed E-state index contributed by atoms with van der Waals surface area (Å²) >= 11 is 7.20. The van der Waals surface area contributed by atoms with E-state index < -0.39 is 10.8 Å². The number of amides is 1. The third-order valence-corrected chi connectivity index (χ3v) is 4.44. The van der Waals surface area contributed by atoms with Crippen LogP contribution in [0, 0.1) is 24.0 Å². The number of nitro groups is 1. The Hall–Kier alpha value is -2.26. The van der Waals surface area contributed by atoms with Crippen LogP contribution in [0.1, 0.15) is 23.2 Å². The lowest BCUT2D eigenvalue weighted by Gasteiger charge is -2.03. The Morgan fingerprint density at radius 1 is 1.52 bits per heavy atom. The number of nitrogens with one attached hydrogen (secondary N) is 1. The number of aryl methyl sites for hydroxylation is 1. The van der Waals surface area contributed by atoms with Gasteiger partial charge in [-0.25, -0.2) is 5.43 Å². The van der Waals surface area contributed by atoms with Gasteiger partial charge in [-0.1, -0.05) is 11.6 Å². The molecule has 0 radical (unpaired) electrons. The Labute approximate surface area is 140 Å². The smallest absolute Gasteiger partial charge is 0.271 e. The molecule has 122 valence electrons. The second-order valence-corrected chi connectivity index (χ2v) is 6.49. The minimum Gasteiger partial charge on any atom is -0.271 e. The van der Waals surface area contributed by atoms with Crippen LogP contribution in [0.4, 0.5) is 5.69 Å². The normalized spacial score (nSPS) is 11.6. The summed E-state index contributed by atoms with van der Waals surface area (Å²) in [5, 5.41) is 18.9. The van der Waals surface area contributed by atoms with E-state index in [-0.39, 0.29) is 17.9 Å². The molecule has 0 aromatic carbocycles. The minimum absolute atomic E-state index is 0.0780. The molecule has 0 aliphatic rings. The molecule has 0 fully saturated rings. The van der Waals surface area contributed by atoms with Gasteiger partial charge in [0.2, 0.25) is 0 Å². The molecule has 0 aliphatic heterocycles. The molecule has 23 heavy (non-hydrogen) atoms. The number of thiophene rings is 1. The van der Waals surface area contributed by atoms with Crippen molar-refractivity contribution in [1.29, 1.82) is 0 Å². The standard InChI is InChI=1S/C13H14ClN5O3S/c1-7(10-4-5-11(14)23-10)15-16-12(20)6-18-9(3)13(19(21)22)8(2)17-18/h4-5H,6H2,1-3H3,(H,16,20)/b15-7+. The van der Waals surface area contributed by atoms with Gasteiger partial charge in [-0.2, -0.15) is 10.2 Å². The van der Waals surface area contributed by atoms with E-state index in [2.05, 4.69) is 15.6 Å². The molecule has 2 aromatic rings. The second kappa shape index (κ2) is 6.88. The summed E-state index contributed by atoms with van der Waals surface area (Å²) in [6, 6.07) is 3.56. The molecule has 2 aromatic heterocycles. The maximum absolute atomic E-state index is 11.9. The summed E-state index contributed by atoms with van der Waals surface area (Å²) < 4.78 is 1.92. The molecule has 0 bridgehead atoms. The van der Waals surface area contributed by atoms with Crippen LogP contribution >= 0.6 is 22.9 Å². The van der Waals surface area contributed by atoms with Crippen LogP contribution in [0.15, 0.2) is 17.2 Å². The average molecular weight is 356 g/mol. The Balaban J connectivity index is 2.06. The number of carbonyl (C=O) groups is 1. The summed E-state index contributed by atoms with van der Waals surface area (Å²) in [7, 11) is 0. The van der Waals surface area contributed by atoms with Crippen LogP contribution in [0.3, 0.4) is 0 Å². The largest absolute Gasteiger partial charge is 0.312 e. The zero-order valence-corrected chi connectivity index (χ0v) is 14.2. The van der Waals surface area contributed by atoms with Gasteiger partial charge in [0.25, 0.3) is 5.91 Å². The highest BCUT2D eigenvalue weighted by atomic mass is 35.5. The van der Waals surface area contributed by atoms with Gasteiger partial charge < -0.3 is 0 Å². The summed E-state index contributed by atoms with van der Waals surface area (Å²) in [4.78, 5) is 23.2. The van der Waals surface area contributed by atoms with Gasteiger partial charge in [0.1, 0.15) is 17.9 Å². The summed E-state index contributed by atoms with van der Waals surface area (Å²) in [5.74, 6) is -0.424. The van der Waals surface area contributed by atoms with E-state index in [9.17, 15) is 14.9 Å². The predicted octanol–water partition coefficient (Wildman–Crippen LogP) is 2.66. The molecular weight excluding hydrogens is 342 g/mol. The monoisotopic (exact) mass is 355 g/mol. The number of carbonyl (C=O) groups excluding carboxylic acids is 1. The fourth-order valence-corrected chi connectivity index (χ4v) is 2.98. The zero-order chi connectivity index (χ0) is 17.1. The molecule has 0 aliphatic carbocycles. The van der Waals surface area contributed by atoms with Crippen LogP contribution in [-0.2, 0) is 11.3 Å². The first-order valence-electron chi connectivity index (χ1n) is 6.57. The van der Waals surface area contributed by atoms with Crippen molar-refractivity contribution in [3.63, 3.8) is 0 Å². The molecule has 2 heterocycles. The number of halogens is 1. The number of aromatic nitrogens is 2. The van der Waals surface area contributed by atoms with Crippen molar-refractivity contribution in [3.05, 3.63) is 42.8 Å². The first-order valence-corrected chi connectivity index (χ1v) is 7.76. The van der Waals surface area contributed by atoms with Gasteiger partial charge in [-0.3, -0.25) is 19.6 Å². The van der Waals surface area contributed by atoms with Crippen molar-refractivity contribution in [2.45, 2.75) is 27.3 Å². The van der Waals surface area contributed by atoms with Gasteiger partial charge in [0, 0.05) is 0 Å². The van der Waals surface area contributed by atoms with E-state index in [1.54, 1.807) is 19.9 Å². The lowest BCUT2D eigenvalue weighted by Crippen LogP contribution is -2.25. The molecule has 0 spiro atoms. The van der Waals surface area contributed by atoms with Crippen LogP contribution in [-0.4, -0.2) is 26.3 Å². The Morgan fingerprint density at radius 2 is 2.22 bits per heavy atom. The Bertz CT molecular complexity index is 796. The lowest BCUT2D eigenvalue weighted by atomic mass is 10.3. The van der Waals surface area contributed by atoms with Crippen LogP contribution in [0.25, 0.3) is 0 Å². The molecule has 0 saturated carbocycles. The average Bonchev–Trinajstić information content (AvgIpc) is 3.00. The molecule has 2 rings (SSSR count). The number of hydrazone groups is 1. The third kappa shape index (κ3) is 3.93. The predicted molar refractivity (Wildman–Crippen MR) is 88.0 cm³/mol. The van der Waals surface area contributed by atoms with Gasteiger partial charge in [0.05, 0.1) is 19.8 Å². The first-order chi connectivity index (χ1) is 10.8. The number of nitrogens with zero attached hydrogens (tertiary/aromatic N) is 4. The molecule has 8 nitrogen and oxygen atoms in total. The van der Waals surface area contributed by atoms with E-state index in [0.717, 1.165) is 4.88 Å². The summed E-state index contributed by atoms with van der Waals surface area (Å²) in [6.07, 6.45) is 0. The topological polar surface area (TPSA) is 102 Å². The number of rotatable bonds is 5. The number of hydrogen-bond donors (Lipinski definition) is 1. The molecule has 0 unspecified atom stereocenters. The van der Waals surface area contributed by atoms with E-state index in [1.165, 1.54) is 22.9 Å². The van der Waals surface area contributed by atoms with Gasteiger partial charge >= 0.3 is 5.69 Å². The lowest BCUT2D eigenvalue weighted by molar-refractivity contribution is -0.386. The first kappa shape index (κ1) is 17.1. The maximum atomic E-state index is 11.9. The van der Waals surface area contributed by atoms with Crippen molar-refractivity contribution in [1.82, 2.24) is 15.2 Å². The molecule has 0 atom stereocenters. The van der Waals surface area contributed by atoms with Crippen LogP contribution in [0.5, 0.6) is 0 Å². The van der Waals surface area contributed by atoms with Crippen molar-refractivity contribution in [3.8, 4) is 0 Å². The highest BCUT2D eigenvalue weighted by molar-refractivity contribution is 7.18. The fourth-order valence-electron chi connectivity index (χ4n) is 1.99. The summed E-state index contributed by atoms with van der Waals surface area (Å²) in [5.41, 5.74) is 3.55. The Morgan fingerprint density at radius 3 is 2.74 bits per heavy atom. The van der Waals surface area contributed by atoms with E-state index >= 15 is 0 Å². The van der Waals surface area contributed by atoms with Crippen molar-refractivity contribution < 1.29 is 9.72 Å². The number of hydrogen-bond acceptors (Lipinski definition) is 6. The highest BCUT2D eigenvalue weighted by Crippen LogP contribution is 2.22. The van der Waals surface area contributed by atoms with Gasteiger partial charge in [-0.05, 0) is 32.9 Å². The third-order valence-electron chi connectivity index (χ3n) is 3.10. The second-order valence-electron chi connectivity index (χ2n) is 4.77. The zero-order valence-electron chi connectivity index (χ0n) is 12.7. The Kier molecular flexibility index (Phi) is 5.12. The van der Waals surface area contributed by atoms with E-state index in [1.807, 2.05) is 6.07 Å². The maximum Gasteiger partial charge on any atom is 0.312 e.